The third-order valence-electron chi connectivity index (χ3n) is 4.26. The highest BCUT2D eigenvalue weighted by molar-refractivity contribution is 6.06. The lowest BCUT2D eigenvalue weighted by Crippen LogP contribution is -2.15. The molecule has 0 radical (unpaired) electrons. The van der Waals surface area contributed by atoms with Crippen LogP contribution in [0.15, 0.2) is 60.7 Å². The Hall–Kier alpha value is -4.20. The molecule has 0 saturated carbocycles. The number of nitrogens with zero attached hydrogens (tertiary/aromatic N) is 2. The van der Waals surface area contributed by atoms with Gasteiger partial charge in [-0.05, 0) is 23.8 Å². The summed E-state index contributed by atoms with van der Waals surface area (Å²) < 4.78 is 11.1. The Morgan fingerprint density at radius 2 is 1.57 bits per heavy atom. The van der Waals surface area contributed by atoms with Crippen LogP contribution in [-0.2, 0) is 14.3 Å². The molecule has 30 heavy (non-hydrogen) atoms. The van der Waals surface area contributed by atoms with Crippen molar-refractivity contribution in [3.63, 3.8) is 0 Å². The Balaban J connectivity index is 2.21. The molecule has 3 rings (SSSR count). The average Bonchev–Trinajstić information content (AvgIpc) is 3.18. The van der Waals surface area contributed by atoms with Crippen LogP contribution in [0.5, 0.6) is 0 Å². The molecular weight excluding hydrogens is 388 g/mol. The van der Waals surface area contributed by atoms with Crippen molar-refractivity contribution in [3.8, 4) is 16.9 Å². The van der Waals surface area contributed by atoms with Crippen molar-refractivity contribution in [2.45, 2.75) is 0 Å². The van der Waals surface area contributed by atoms with Crippen molar-refractivity contribution < 1.29 is 29.0 Å². The smallest absolute Gasteiger partial charge is 0.357 e. The Morgan fingerprint density at radius 3 is 2.13 bits per heavy atom. The third kappa shape index (κ3) is 4.12. The molecule has 8 heteroatoms. The molecule has 152 valence electrons. The van der Waals surface area contributed by atoms with Gasteiger partial charge in [-0.3, -0.25) is 0 Å². The van der Waals surface area contributed by atoms with Crippen molar-refractivity contribution in [1.82, 2.24) is 9.78 Å². The normalized spacial score (nSPS) is 10.7. The molecule has 0 aliphatic rings. The van der Waals surface area contributed by atoms with E-state index in [2.05, 4.69) is 5.10 Å². The topological polar surface area (TPSA) is 108 Å². The first-order chi connectivity index (χ1) is 14.5. The number of carbonyl (C=O) groups is 3. The van der Waals surface area contributed by atoms with Gasteiger partial charge in [-0.2, -0.15) is 5.10 Å². The standard InChI is InChI=1S/C22H18N2O6/c1-29-21(27)18-19(15-11-8-14(9-12-15)10-13-17(25)26)23-24(20(18)22(28)30-2)16-6-4-3-5-7-16/h3-13H,1-2H3,(H,25,26). The number of hydrogen-bond acceptors (Lipinski definition) is 6. The summed E-state index contributed by atoms with van der Waals surface area (Å²) >= 11 is 0. The van der Waals surface area contributed by atoms with E-state index in [4.69, 9.17) is 14.6 Å². The molecule has 0 aliphatic carbocycles. The zero-order valence-electron chi connectivity index (χ0n) is 16.2. The van der Waals surface area contributed by atoms with Crippen molar-refractivity contribution in [1.29, 1.82) is 0 Å². The van der Waals surface area contributed by atoms with Crippen LogP contribution in [0.1, 0.15) is 26.4 Å². The van der Waals surface area contributed by atoms with Crippen molar-refractivity contribution in [2.24, 2.45) is 0 Å². The second-order valence-corrected chi connectivity index (χ2v) is 6.10. The van der Waals surface area contributed by atoms with Gasteiger partial charge in [0, 0.05) is 11.6 Å². The van der Waals surface area contributed by atoms with E-state index in [0.717, 1.165) is 6.08 Å². The van der Waals surface area contributed by atoms with Gasteiger partial charge in [-0.15, -0.1) is 0 Å². The number of rotatable bonds is 6. The Morgan fingerprint density at radius 1 is 0.933 bits per heavy atom. The van der Waals surface area contributed by atoms with Crippen LogP contribution in [0.2, 0.25) is 0 Å². The van der Waals surface area contributed by atoms with E-state index in [1.807, 2.05) is 6.07 Å². The van der Waals surface area contributed by atoms with Crippen molar-refractivity contribution >= 4 is 24.0 Å². The van der Waals surface area contributed by atoms with Gasteiger partial charge in [0.25, 0.3) is 0 Å². The van der Waals surface area contributed by atoms with Crippen LogP contribution in [-0.4, -0.2) is 47.0 Å². The fraction of sp³-hybridized carbons (Fsp3) is 0.0909. The molecule has 1 aromatic heterocycles. The van der Waals surface area contributed by atoms with Crippen LogP contribution in [0.25, 0.3) is 23.0 Å². The van der Waals surface area contributed by atoms with Crippen LogP contribution in [0.4, 0.5) is 0 Å². The molecule has 0 amide bonds. The number of hydrogen-bond donors (Lipinski definition) is 1. The molecule has 0 fully saturated rings. The number of benzene rings is 2. The molecule has 0 spiro atoms. The maximum absolute atomic E-state index is 12.6. The number of methoxy groups -OCH3 is 2. The van der Waals surface area contributed by atoms with E-state index >= 15 is 0 Å². The summed E-state index contributed by atoms with van der Waals surface area (Å²) in [5.41, 5.74) is 1.91. The number of carboxylic acids is 1. The average molecular weight is 406 g/mol. The van der Waals surface area contributed by atoms with E-state index in [1.165, 1.54) is 25.0 Å². The van der Waals surface area contributed by atoms with E-state index in [9.17, 15) is 14.4 Å². The van der Waals surface area contributed by atoms with E-state index < -0.39 is 17.9 Å². The minimum Gasteiger partial charge on any atom is -0.478 e. The van der Waals surface area contributed by atoms with Gasteiger partial charge in [-0.1, -0.05) is 42.5 Å². The molecule has 8 nitrogen and oxygen atoms in total. The zero-order valence-corrected chi connectivity index (χ0v) is 16.2. The monoisotopic (exact) mass is 406 g/mol. The quantitative estimate of drug-likeness (QED) is 0.495. The minimum atomic E-state index is -1.06. The Kier molecular flexibility index (Phi) is 6.07. The van der Waals surface area contributed by atoms with Gasteiger partial charge in [-0.25, -0.2) is 19.1 Å². The Labute approximate surface area is 172 Å². The Bertz CT molecular complexity index is 1110. The SMILES string of the molecule is COC(=O)c1c(-c2ccc(C=CC(=O)O)cc2)nn(-c2ccccc2)c1C(=O)OC. The maximum atomic E-state index is 12.6. The van der Waals surface area contributed by atoms with Crippen LogP contribution in [0.3, 0.4) is 0 Å². The minimum absolute atomic E-state index is 0.0259. The number of esters is 2. The van der Waals surface area contributed by atoms with Crippen LogP contribution in [0, 0.1) is 0 Å². The molecular formula is C22H18N2O6. The molecule has 1 heterocycles. The highest BCUT2D eigenvalue weighted by Crippen LogP contribution is 2.29. The zero-order chi connectivity index (χ0) is 21.7. The summed E-state index contributed by atoms with van der Waals surface area (Å²) in [5.74, 6) is -2.53. The second-order valence-electron chi connectivity index (χ2n) is 6.10. The molecule has 0 bridgehead atoms. The molecule has 3 aromatic rings. The van der Waals surface area contributed by atoms with Gasteiger partial charge < -0.3 is 14.6 Å². The predicted octanol–water partition coefficient (Wildman–Crippen LogP) is 3.21. The number of aliphatic carboxylic acids is 1. The summed E-state index contributed by atoms with van der Waals surface area (Å²) in [6.07, 6.45) is 2.46. The molecule has 0 saturated heterocycles. The maximum Gasteiger partial charge on any atom is 0.357 e. The molecule has 2 aromatic carbocycles. The summed E-state index contributed by atoms with van der Waals surface area (Å²) in [4.78, 5) is 35.8. The number of carboxylic acid groups (broad SMARTS) is 1. The van der Waals surface area contributed by atoms with Gasteiger partial charge in [0.2, 0.25) is 0 Å². The third-order valence-corrected chi connectivity index (χ3v) is 4.26. The van der Waals surface area contributed by atoms with E-state index in [1.54, 1.807) is 48.5 Å². The van der Waals surface area contributed by atoms with Gasteiger partial charge in [0.15, 0.2) is 5.69 Å². The van der Waals surface area contributed by atoms with Crippen LogP contribution < -0.4 is 0 Å². The molecule has 0 atom stereocenters. The summed E-state index contributed by atoms with van der Waals surface area (Å²) in [6, 6.07) is 15.5. The first-order valence-electron chi connectivity index (χ1n) is 8.82. The van der Waals surface area contributed by atoms with Gasteiger partial charge >= 0.3 is 17.9 Å². The molecule has 0 unspecified atom stereocenters. The van der Waals surface area contributed by atoms with E-state index in [-0.39, 0.29) is 17.0 Å². The molecule has 0 aliphatic heterocycles. The number of para-hydroxylation sites is 1. The first kappa shape index (κ1) is 20.5. The second kappa shape index (κ2) is 8.87. The predicted molar refractivity (Wildman–Crippen MR) is 108 cm³/mol. The van der Waals surface area contributed by atoms with Gasteiger partial charge in [0.05, 0.1) is 19.9 Å². The summed E-state index contributed by atoms with van der Waals surface area (Å²) in [5, 5.41) is 13.2. The lowest BCUT2D eigenvalue weighted by Gasteiger charge is -2.07. The number of carbonyl (C=O) groups excluding carboxylic acids is 2. The summed E-state index contributed by atoms with van der Waals surface area (Å²) in [7, 11) is 2.43. The lowest BCUT2D eigenvalue weighted by molar-refractivity contribution is -0.131. The molecule has 1 N–H and O–H groups in total. The fourth-order valence-electron chi connectivity index (χ4n) is 2.88. The van der Waals surface area contributed by atoms with Crippen molar-refractivity contribution in [2.75, 3.05) is 14.2 Å². The summed E-state index contributed by atoms with van der Waals surface area (Å²) in [6.45, 7) is 0. The largest absolute Gasteiger partial charge is 0.478 e. The first-order valence-corrected chi connectivity index (χ1v) is 8.82. The van der Waals surface area contributed by atoms with E-state index in [0.29, 0.717) is 16.8 Å². The van der Waals surface area contributed by atoms with Crippen molar-refractivity contribution in [3.05, 3.63) is 77.5 Å². The van der Waals surface area contributed by atoms with Gasteiger partial charge in [0.1, 0.15) is 11.3 Å². The number of aromatic nitrogens is 2. The fourth-order valence-corrected chi connectivity index (χ4v) is 2.88. The highest BCUT2D eigenvalue weighted by Gasteiger charge is 2.31. The van der Waals surface area contributed by atoms with Crippen LogP contribution >= 0.6 is 0 Å². The number of ether oxygens (including phenoxy) is 2. The lowest BCUT2D eigenvalue weighted by atomic mass is 10.0. The highest BCUT2D eigenvalue weighted by atomic mass is 16.5.